The number of rotatable bonds is 2. The SMILES string of the molecule is CC1(C)COc2ccc(S(=O)(=O)N3CC4(CCCC4)c4c(F)cccc43)cc21. The van der Waals surface area contributed by atoms with E-state index in [9.17, 15) is 12.8 Å². The topological polar surface area (TPSA) is 46.6 Å². The van der Waals surface area contributed by atoms with E-state index in [1.807, 2.05) is 13.8 Å². The number of hydrogen-bond acceptors (Lipinski definition) is 3. The van der Waals surface area contributed by atoms with Crippen LogP contribution in [0.5, 0.6) is 5.75 Å². The molecule has 6 heteroatoms. The molecule has 1 saturated carbocycles. The van der Waals surface area contributed by atoms with E-state index in [0.717, 1.165) is 37.0 Å². The van der Waals surface area contributed by atoms with Gasteiger partial charge in [0, 0.05) is 28.5 Å². The molecule has 0 N–H and O–H groups in total. The van der Waals surface area contributed by atoms with E-state index >= 15 is 0 Å². The highest BCUT2D eigenvalue weighted by molar-refractivity contribution is 7.92. The maximum Gasteiger partial charge on any atom is 0.264 e. The summed E-state index contributed by atoms with van der Waals surface area (Å²) in [6.45, 7) is 4.95. The lowest BCUT2D eigenvalue weighted by Gasteiger charge is -2.25. The fraction of sp³-hybridized carbons (Fsp3) is 0.455. The van der Waals surface area contributed by atoms with Gasteiger partial charge in [-0.3, -0.25) is 4.31 Å². The van der Waals surface area contributed by atoms with Crippen molar-refractivity contribution in [1.82, 2.24) is 0 Å². The number of benzene rings is 2. The molecule has 1 aliphatic carbocycles. The zero-order valence-electron chi connectivity index (χ0n) is 16.2. The lowest BCUT2D eigenvalue weighted by Crippen LogP contribution is -2.35. The van der Waals surface area contributed by atoms with Crippen molar-refractivity contribution in [1.29, 1.82) is 0 Å². The van der Waals surface area contributed by atoms with Crippen molar-refractivity contribution >= 4 is 15.7 Å². The summed E-state index contributed by atoms with van der Waals surface area (Å²) >= 11 is 0. The van der Waals surface area contributed by atoms with Gasteiger partial charge in [-0.2, -0.15) is 0 Å². The average molecular weight is 402 g/mol. The molecule has 5 rings (SSSR count). The molecule has 1 spiro atoms. The van der Waals surface area contributed by atoms with E-state index in [2.05, 4.69) is 0 Å². The molecule has 28 heavy (non-hydrogen) atoms. The number of sulfonamides is 1. The van der Waals surface area contributed by atoms with Crippen LogP contribution in [0.2, 0.25) is 0 Å². The van der Waals surface area contributed by atoms with Crippen LogP contribution in [-0.4, -0.2) is 21.6 Å². The van der Waals surface area contributed by atoms with Gasteiger partial charge in [0.15, 0.2) is 0 Å². The van der Waals surface area contributed by atoms with Crippen LogP contribution in [0.3, 0.4) is 0 Å². The minimum absolute atomic E-state index is 0.234. The summed E-state index contributed by atoms with van der Waals surface area (Å²) in [6, 6.07) is 9.87. The Kier molecular flexibility index (Phi) is 3.67. The van der Waals surface area contributed by atoms with E-state index in [1.54, 1.807) is 30.3 Å². The van der Waals surface area contributed by atoms with Crippen LogP contribution < -0.4 is 9.04 Å². The molecule has 0 unspecified atom stereocenters. The van der Waals surface area contributed by atoms with Crippen molar-refractivity contribution in [2.45, 2.75) is 55.3 Å². The van der Waals surface area contributed by atoms with Crippen LogP contribution in [0.4, 0.5) is 10.1 Å². The van der Waals surface area contributed by atoms with Crippen molar-refractivity contribution < 1.29 is 17.5 Å². The molecule has 0 aromatic heterocycles. The van der Waals surface area contributed by atoms with Gasteiger partial charge in [0.2, 0.25) is 0 Å². The first kappa shape index (κ1) is 18.0. The van der Waals surface area contributed by atoms with E-state index in [4.69, 9.17) is 4.74 Å². The molecule has 2 aromatic rings. The van der Waals surface area contributed by atoms with E-state index < -0.39 is 15.4 Å². The van der Waals surface area contributed by atoms with Gasteiger partial charge >= 0.3 is 0 Å². The van der Waals surface area contributed by atoms with Gasteiger partial charge in [0.05, 0.1) is 17.2 Å². The maximum atomic E-state index is 14.8. The Morgan fingerprint density at radius 1 is 1.11 bits per heavy atom. The summed E-state index contributed by atoms with van der Waals surface area (Å²) in [6.07, 6.45) is 3.67. The van der Waals surface area contributed by atoms with Crippen molar-refractivity contribution in [3.05, 3.63) is 53.3 Å². The van der Waals surface area contributed by atoms with Gasteiger partial charge in [-0.25, -0.2) is 12.8 Å². The number of hydrogen-bond donors (Lipinski definition) is 0. The summed E-state index contributed by atoms with van der Waals surface area (Å²) < 4.78 is 49.2. The Labute approximate surface area is 165 Å². The smallest absolute Gasteiger partial charge is 0.264 e. The largest absolute Gasteiger partial charge is 0.492 e. The molecule has 0 atom stereocenters. The van der Waals surface area contributed by atoms with Crippen molar-refractivity contribution in [3.8, 4) is 5.75 Å². The van der Waals surface area contributed by atoms with Gasteiger partial charge in [0.1, 0.15) is 11.6 Å². The molecule has 2 heterocycles. The second kappa shape index (κ2) is 5.72. The Morgan fingerprint density at radius 2 is 1.86 bits per heavy atom. The van der Waals surface area contributed by atoms with E-state index in [0.29, 0.717) is 24.4 Å². The van der Waals surface area contributed by atoms with Crippen LogP contribution in [0.1, 0.15) is 50.7 Å². The summed E-state index contributed by atoms with van der Waals surface area (Å²) in [5.41, 5.74) is 1.36. The second-order valence-corrected chi connectivity index (χ2v) is 10.8. The van der Waals surface area contributed by atoms with Crippen LogP contribution in [0.25, 0.3) is 0 Å². The number of ether oxygens (including phenoxy) is 1. The molecule has 0 saturated heterocycles. The third-order valence-electron chi connectivity index (χ3n) is 6.65. The van der Waals surface area contributed by atoms with E-state index in [-0.39, 0.29) is 16.1 Å². The fourth-order valence-corrected chi connectivity index (χ4v) is 6.74. The van der Waals surface area contributed by atoms with Gasteiger partial charge in [-0.15, -0.1) is 0 Å². The molecule has 2 aromatic carbocycles. The van der Waals surface area contributed by atoms with Crippen molar-refractivity contribution in [3.63, 3.8) is 0 Å². The normalized spacial score (nSPS) is 21.6. The lowest BCUT2D eigenvalue weighted by molar-refractivity contribution is 0.291. The zero-order valence-corrected chi connectivity index (χ0v) is 17.0. The molecule has 0 amide bonds. The van der Waals surface area contributed by atoms with Crippen LogP contribution in [0, 0.1) is 5.82 Å². The molecule has 0 bridgehead atoms. The Balaban J connectivity index is 1.63. The molecule has 3 aliphatic rings. The highest BCUT2D eigenvalue weighted by Gasteiger charge is 2.50. The van der Waals surface area contributed by atoms with Gasteiger partial charge in [-0.05, 0) is 43.2 Å². The van der Waals surface area contributed by atoms with Gasteiger partial charge in [0.25, 0.3) is 10.0 Å². The minimum Gasteiger partial charge on any atom is -0.492 e. The first-order chi connectivity index (χ1) is 13.2. The molecule has 4 nitrogen and oxygen atoms in total. The third kappa shape index (κ3) is 2.36. The summed E-state index contributed by atoms with van der Waals surface area (Å²) in [7, 11) is -3.79. The molecular formula is C22H24FNO3S. The average Bonchev–Trinajstić information content (AvgIpc) is 3.34. The quantitative estimate of drug-likeness (QED) is 0.744. The standard InChI is InChI=1S/C22H24FNO3S/c1-21(2)14-27-19-9-8-15(12-16(19)21)28(25,26)24-13-22(10-3-4-11-22)20-17(23)6-5-7-18(20)24/h5-9,12H,3-4,10-11,13-14H2,1-2H3. The number of halogens is 1. The van der Waals surface area contributed by atoms with Crippen molar-refractivity contribution in [2.24, 2.45) is 0 Å². The molecule has 0 radical (unpaired) electrons. The number of anilines is 1. The van der Waals surface area contributed by atoms with Crippen LogP contribution in [0.15, 0.2) is 41.3 Å². The third-order valence-corrected chi connectivity index (χ3v) is 8.41. The molecule has 2 aliphatic heterocycles. The van der Waals surface area contributed by atoms with Crippen molar-refractivity contribution in [2.75, 3.05) is 17.5 Å². The second-order valence-electron chi connectivity index (χ2n) is 8.96. The minimum atomic E-state index is -3.79. The zero-order chi connectivity index (χ0) is 19.7. The summed E-state index contributed by atoms with van der Waals surface area (Å²) in [5, 5.41) is 0. The highest BCUT2D eigenvalue weighted by atomic mass is 32.2. The monoisotopic (exact) mass is 401 g/mol. The number of fused-ring (bicyclic) bond motifs is 3. The first-order valence-corrected chi connectivity index (χ1v) is 11.3. The summed E-state index contributed by atoms with van der Waals surface area (Å²) in [5.74, 6) is 0.449. The maximum absolute atomic E-state index is 14.8. The predicted octanol–water partition coefficient (Wildman–Crippen LogP) is 4.52. The lowest BCUT2D eigenvalue weighted by atomic mass is 9.80. The Bertz CT molecular complexity index is 1070. The molecule has 1 fully saturated rings. The van der Waals surface area contributed by atoms with Crippen LogP contribution >= 0.6 is 0 Å². The van der Waals surface area contributed by atoms with E-state index in [1.165, 1.54) is 10.4 Å². The van der Waals surface area contributed by atoms with Gasteiger partial charge in [-0.1, -0.05) is 32.8 Å². The molecule has 148 valence electrons. The Hall–Kier alpha value is -2.08. The van der Waals surface area contributed by atoms with Crippen LogP contribution in [-0.2, 0) is 20.9 Å². The Morgan fingerprint density at radius 3 is 2.61 bits per heavy atom. The molecular weight excluding hydrogens is 377 g/mol. The number of nitrogens with zero attached hydrogens (tertiary/aromatic N) is 1. The predicted molar refractivity (Wildman–Crippen MR) is 106 cm³/mol. The highest BCUT2D eigenvalue weighted by Crippen LogP contribution is 2.53. The summed E-state index contributed by atoms with van der Waals surface area (Å²) in [4.78, 5) is 0.245. The van der Waals surface area contributed by atoms with Gasteiger partial charge < -0.3 is 4.74 Å². The fourth-order valence-electron chi connectivity index (χ4n) is 5.15. The first-order valence-electron chi connectivity index (χ1n) is 9.84.